The van der Waals surface area contributed by atoms with Crippen molar-refractivity contribution in [2.75, 3.05) is 19.3 Å². The third-order valence-corrected chi connectivity index (χ3v) is 4.84. The second-order valence-corrected chi connectivity index (χ2v) is 7.20. The fourth-order valence-corrected chi connectivity index (χ4v) is 3.12. The highest BCUT2D eigenvalue weighted by molar-refractivity contribution is 5.79. The fourth-order valence-electron chi connectivity index (χ4n) is 3.12. The van der Waals surface area contributed by atoms with E-state index in [1.165, 1.54) is 21.7 Å². The van der Waals surface area contributed by atoms with Crippen LogP contribution < -0.4 is 28.2 Å². The highest BCUT2D eigenvalue weighted by Crippen LogP contribution is 2.26. The van der Waals surface area contributed by atoms with Gasteiger partial charge in [-0.1, -0.05) is 0 Å². The Morgan fingerprint density at radius 2 is 2.20 bits per heavy atom. The SMILES string of the molecule is CN(CCC(N)CC(=O)N[C@H]1CC[C@H](n2ccc(N)nc2=O)O[C@@H]1C(=O)O)C(=N)N. The van der Waals surface area contributed by atoms with E-state index >= 15 is 0 Å². The number of rotatable bonds is 8. The first-order chi connectivity index (χ1) is 14.1. The number of carboxylic acid groups (broad SMARTS) is 1. The van der Waals surface area contributed by atoms with Gasteiger partial charge in [0.1, 0.15) is 12.0 Å². The van der Waals surface area contributed by atoms with Crippen molar-refractivity contribution >= 4 is 23.7 Å². The van der Waals surface area contributed by atoms with E-state index in [-0.39, 0.29) is 24.6 Å². The fraction of sp³-hybridized carbons (Fsp3) is 0.588. The number of carbonyl (C=O) groups is 2. The molecule has 1 aliphatic heterocycles. The largest absolute Gasteiger partial charge is 0.479 e. The predicted octanol–water partition coefficient (Wildman–Crippen LogP) is -1.99. The lowest BCUT2D eigenvalue weighted by molar-refractivity contribution is -0.170. The zero-order valence-corrected chi connectivity index (χ0v) is 16.7. The molecule has 1 unspecified atom stereocenters. The van der Waals surface area contributed by atoms with Crippen molar-refractivity contribution in [1.82, 2.24) is 19.8 Å². The van der Waals surface area contributed by atoms with Crippen molar-refractivity contribution < 1.29 is 19.4 Å². The number of aliphatic carboxylic acids is 1. The number of carboxylic acids is 1. The molecule has 1 aromatic heterocycles. The van der Waals surface area contributed by atoms with E-state index in [0.717, 1.165) is 0 Å². The third kappa shape index (κ3) is 6.15. The molecule has 2 rings (SSSR count). The Morgan fingerprint density at radius 3 is 2.80 bits per heavy atom. The summed E-state index contributed by atoms with van der Waals surface area (Å²) in [6, 6.07) is 0.168. The Balaban J connectivity index is 1.94. The molecule has 0 aliphatic carbocycles. The highest BCUT2D eigenvalue weighted by Gasteiger charge is 2.38. The van der Waals surface area contributed by atoms with Crippen molar-refractivity contribution in [2.24, 2.45) is 11.5 Å². The number of nitrogens with one attached hydrogen (secondary N) is 2. The number of nitrogen functional groups attached to an aromatic ring is 1. The number of hydrogen-bond acceptors (Lipinski definition) is 8. The molecular weight excluding hydrogens is 396 g/mol. The van der Waals surface area contributed by atoms with E-state index in [1.807, 2.05) is 0 Å². The zero-order chi connectivity index (χ0) is 22.4. The number of nitrogens with zero attached hydrogens (tertiary/aromatic N) is 3. The maximum Gasteiger partial charge on any atom is 0.351 e. The molecule has 1 aliphatic rings. The second-order valence-electron chi connectivity index (χ2n) is 7.20. The number of carbonyl (C=O) groups excluding carboxylic acids is 1. The van der Waals surface area contributed by atoms with Gasteiger partial charge in [-0.2, -0.15) is 4.98 Å². The molecule has 1 amide bonds. The summed E-state index contributed by atoms with van der Waals surface area (Å²) in [7, 11) is 1.64. The van der Waals surface area contributed by atoms with Gasteiger partial charge in [0.15, 0.2) is 12.1 Å². The molecule has 0 radical (unpaired) electrons. The van der Waals surface area contributed by atoms with E-state index in [4.69, 9.17) is 27.3 Å². The summed E-state index contributed by atoms with van der Waals surface area (Å²) in [6.45, 7) is 0.417. The molecule has 0 aromatic carbocycles. The summed E-state index contributed by atoms with van der Waals surface area (Å²) in [4.78, 5) is 41.1. The van der Waals surface area contributed by atoms with Crippen molar-refractivity contribution in [1.29, 1.82) is 5.41 Å². The predicted molar refractivity (Wildman–Crippen MR) is 107 cm³/mol. The van der Waals surface area contributed by atoms with Crippen LogP contribution in [0.4, 0.5) is 5.82 Å². The van der Waals surface area contributed by atoms with Crippen LogP contribution in [0.25, 0.3) is 0 Å². The molecule has 13 heteroatoms. The Bertz CT molecular complexity index is 844. The van der Waals surface area contributed by atoms with Crippen LogP contribution in [-0.2, 0) is 14.3 Å². The maximum absolute atomic E-state index is 12.3. The number of ether oxygens (including phenoxy) is 1. The van der Waals surface area contributed by atoms with Crippen LogP contribution >= 0.6 is 0 Å². The minimum Gasteiger partial charge on any atom is -0.479 e. The van der Waals surface area contributed by atoms with E-state index in [9.17, 15) is 19.5 Å². The molecule has 0 saturated carbocycles. The summed E-state index contributed by atoms with van der Waals surface area (Å²) in [6.07, 6.45) is 0.231. The molecular formula is C17H28N8O5. The lowest BCUT2D eigenvalue weighted by Gasteiger charge is -2.35. The average molecular weight is 424 g/mol. The van der Waals surface area contributed by atoms with E-state index in [1.54, 1.807) is 7.05 Å². The zero-order valence-electron chi connectivity index (χ0n) is 16.7. The number of anilines is 1. The van der Waals surface area contributed by atoms with Gasteiger partial charge in [-0.3, -0.25) is 14.8 Å². The van der Waals surface area contributed by atoms with E-state index < -0.39 is 42.0 Å². The van der Waals surface area contributed by atoms with Gasteiger partial charge in [-0.25, -0.2) is 9.59 Å². The van der Waals surface area contributed by atoms with E-state index in [2.05, 4.69) is 10.3 Å². The molecule has 1 aromatic rings. The smallest absolute Gasteiger partial charge is 0.351 e. The minimum atomic E-state index is -1.34. The van der Waals surface area contributed by atoms with Gasteiger partial charge in [0.2, 0.25) is 5.91 Å². The molecule has 1 fully saturated rings. The lowest BCUT2D eigenvalue weighted by atomic mass is 10.00. The van der Waals surface area contributed by atoms with Crippen LogP contribution in [0, 0.1) is 5.41 Å². The quantitative estimate of drug-likeness (QED) is 0.199. The van der Waals surface area contributed by atoms with Gasteiger partial charge in [0.05, 0.1) is 6.04 Å². The summed E-state index contributed by atoms with van der Waals surface area (Å²) in [5, 5.41) is 19.5. The number of nitrogens with two attached hydrogens (primary N) is 3. The number of hydrogen-bond donors (Lipinski definition) is 6. The first-order valence-electron chi connectivity index (χ1n) is 9.41. The van der Waals surface area contributed by atoms with Crippen molar-refractivity contribution in [3.63, 3.8) is 0 Å². The minimum absolute atomic E-state index is 0.0145. The van der Waals surface area contributed by atoms with Gasteiger partial charge in [-0.15, -0.1) is 0 Å². The molecule has 13 nitrogen and oxygen atoms in total. The van der Waals surface area contributed by atoms with Crippen LogP contribution in [0.1, 0.15) is 31.9 Å². The topological polar surface area (TPSA) is 216 Å². The first-order valence-corrected chi connectivity index (χ1v) is 9.41. The van der Waals surface area contributed by atoms with Gasteiger partial charge in [-0.05, 0) is 25.3 Å². The van der Waals surface area contributed by atoms with Gasteiger partial charge in [0.25, 0.3) is 0 Å². The third-order valence-electron chi connectivity index (χ3n) is 4.84. The number of aromatic nitrogens is 2. The van der Waals surface area contributed by atoms with Crippen molar-refractivity contribution in [3.05, 3.63) is 22.7 Å². The van der Waals surface area contributed by atoms with Gasteiger partial charge < -0.3 is 37.3 Å². The van der Waals surface area contributed by atoms with E-state index in [0.29, 0.717) is 19.4 Å². The molecule has 30 heavy (non-hydrogen) atoms. The molecule has 4 atom stereocenters. The van der Waals surface area contributed by atoms with Crippen LogP contribution in [0.2, 0.25) is 0 Å². The van der Waals surface area contributed by atoms with Crippen LogP contribution in [0.15, 0.2) is 17.1 Å². The Labute approximate surface area is 172 Å². The standard InChI is InChI=1S/C17H28N8O5/c1-24(16(20)21)6-4-9(18)8-12(26)22-10-2-3-13(30-14(10)15(27)28)25-7-5-11(19)23-17(25)29/h5,7,9-10,13-14H,2-4,6,8,18H2,1H3,(H3,20,21)(H,22,26)(H,27,28)(H2,19,23,29)/t9?,10-,13+,14-/m0/s1. The first kappa shape index (κ1) is 23.1. The maximum atomic E-state index is 12.3. The average Bonchev–Trinajstić information content (AvgIpc) is 2.66. The number of amides is 1. The van der Waals surface area contributed by atoms with Crippen molar-refractivity contribution in [2.45, 2.75) is 50.1 Å². The summed E-state index contributed by atoms with van der Waals surface area (Å²) in [5.74, 6) is -1.70. The lowest BCUT2D eigenvalue weighted by Crippen LogP contribution is -2.53. The second kappa shape index (κ2) is 10.0. The Kier molecular flexibility index (Phi) is 7.72. The molecule has 2 heterocycles. The molecule has 9 N–H and O–H groups in total. The summed E-state index contributed by atoms with van der Waals surface area (Å²) in [5.41, 5.74) is 16.1. The van der Waals surface area contributed by atoms with Gasteiger partial charge in [0, 0.05) is 32.3 Å². The molecule has 0 bridgehead atoms. The summed E-state index contributed by atoms with van der Waals surface area (Å²) < 4.78 is 6.74. The van der Waals surface area contributed by atoms with Gasteiger partial charge >= 0.3 is 11.7 Å². The van der Waals surface area contributed by atoms with Crippen LogP contribution in [-0.4, -0.2) is 69.2 Å². The Morgan fingerprint density at radius 1 is 1.50 bits per heavy atom. The number of guanidine groups is 1. The highest BCUT2D eigenvalue weighted by atomic mass is 16.5. The molecule has 166 valence electrons. The summed E-state index contributed by atoms with van der Waals surface area (Å²) >= 11 is 0. The van der Waals surface area contributed by atoms with Crippen molar-refractivity contribution in [3.8, 4) is 0 Å². The molecule has 0 spiro atoms. The van der Waals surface area contributed by atoms with Crippen LogP contribution in [0.3, 0.4) is 0 Å². The Hall–Kier alpha value is -3.19. The normalized spacial score (nSPS) is 22.1. The van der Waals surface area contributed by atoms with Crippen LogP contribution in [0.5, 0.6) is 0 Å². The monoisotopic (exact) mass is 424 g/mol. The molecule has 1 saturated heterocycles.